The van der Waals surface area contributed by atoms with Crippen LogP contribution < -0.4 is 22.1 Å². The van der Waals surface area contributed by atoms with E-state index in [-0.39, 0.29) is 6.42 Å². The third kappa shape index (κ3) is 8.98. The van der Waals surface area contributed by atoms with Gasteiger partial charge in [0.1, 0.15) is 12.1 Å². The number of carbonyl (C=O) groups is 4. The lowest BCUT2D eigenvalue weighted by atomic mass is 10.1. The molecular formula is C14H26N4O7. The molecule has 0 aromatic heterocycles. The van der Waals surface area contributed by atoms with Gasteiger partial charge in [-0.25, -0.2) is 4.79 Å². The molecule has 0 saturated heterocycles. The van der Waals surface area contributed by atoms with Crippen LogP contribution in [-0.4, -0.2) is 69.8 Å². The molecule has 0 aromatic carbocycles. The minimum Gasteiger partial charge on any atom is -0.481 e. The lowest BCUT2D eigenvalue weighted by Gasteiger charge is -2.24. The number of amides is 2. The molecule has 0 fully saturated rings. The SMILES string of the molecule is C[C@@H](O)[C@H](NC(=O)[C@@H](N)CC(=O)O)C(=O)N[C@@H](CCCCN)C(=O)O. The van der Waals surface area contributed by atoms with Gasteiger partial charge in [0, 0.05) is 0 Å². The van der Waals surface area contributed by atoms with Gasteiger partial charge in [-0.1, -0.05) is 0 Å². The Hall–Kier alpha value is -2.24. The van der Waals surface area contributed by atoms with Crippen molar-refractivity contribution in [2.24, 2.45) is 11.5 Å². The van der Waals surface area contributed by atoms with E-state index in [1.807, 2.05) is 0 Å². The third-order valence-electron chi connectivity index (χ3n) is 3.36. The molecular weight excluding hydrogens is 336 g/mol. The van der Waals surface area contributed by atoms with Gasteiger partial charge in [0.2, 0.25) is 11.8 Å². The number of nitrogens with two attached hydrogens (primary N) is 2. The minimum absolute atomic E-state index is 0.136. The normalized spacial score (nSPS) is 15.5. The van der Waals surface area contributed by atoms with Crippen LogP contribution in [0.1, 0.15) is 32.6 Å². The summed E-state index contributed by atoms with van der Waals surface area (Å²) in [6, 6.07) is -4.08. The van der Waals surface area contributed by atoms with Gasteiger partial charge in [0.15, 0.2) is 0 Å². The first-order valence-electron chi connectivity index (χ1n) is 7.79. The summed E-state index contributed by atoms with van der Waals surface area (Å²) in [6.07, 6.45) is -0.809. The van der Waals surface area contributed by atoms with E-state index in [9.17, 15) is 24.3 Å². The summed E-state index contributed by atoms with van der Waals surface area (Å²) in [5.74, 6) is -4.42. The summed E-state index contributed by atoms with van der Waals surface area (Å²) in [4.78, 5) is 45.7. The average molecular weight is 362 g/mol. The molecule has 11 nitrogen and oxygen atoms in total. The number of hydrogen-bond acceptors (Lipinski definition) is 7. The summed E-state index contributed by atoms with van der Waals surface area (Å²) in [5.41, 5.74) is 10.7. The van der Waals surface area contributed by atoms with E-state index in [1.54, 1.807) is 0 Å². The molecule has 4 atom stereocenters. The highest BCUT2D eigenvalue weighted by Gasteiger charge is 2.31. The summed E-state index contributed by atoms with van der Waals surface area (Å²) in [5, 5.41) is 31.8. The number of carbonyl (C=O) groups excluding carboxylic acids is 2. The van der Waals surface area contributed by atoms with Gasteiger partial charge in [-0.3, -0.25) is 14.4 Å². The molecule has 0 bridgehead atoms. The van der Waals surface area contributed by atoms with Crippen LogP contribution in [0.15, 0.2) is 0 Å². The number of carboxylic acid groups (broad SMARTS) is 2. The monoisotopic (exact) mass is 362 g/mol. The van der Waals surface area contributed by atoms with E-state index in [0.29, 0.717) is 19.4 Å². The van der Waals surface area contributed by atoms with Gasteiger partial charge in [-0.15, -0.1) is 0 Å². The number of aliphatic hydroxyl groups excluding tert-OH is 1. The van der Waals surface area contributed by atoms with Crippen molar-refractivity contribution < 1.29 is 34.5 Å². The molecule has 0 rings (SSSR count). The van der Waals surface area contributed by atoms with Gasteiger partial charge in [-0.05, 0) is 32.7 Å². The number of hydrogen-bond donors (Lipinski definition) is 7. The fraction of sp³-hybridized carbons (Fsp3) is 0.714. The topological polar surface area (TPSA) is 205 Å². The Bertz CT molecular complexity index is 484. The van der Waals surface area contributed by atoms with Crippen molar-refractivity contribution in [3.8, 4) is 0 Å². The number of carboxylic acids is 2. The molecule has 0 heterocycles. The molecule has 0 saturated carbocycles. The first-order valence-corrected chi connectivity index (χ1v) is 7.79. The van der Waals surface area contributed by atoms with Gasteiger partial charge in [0.25, 0.3) is 0 Å². The molecule has 0 spiro atoms. The Morgan fingerprint density at radius 2 is 1.64 bits per heavy atom. The van der Waals surface area contributed by atoms with Crippen molar-refractivity contribution in [2.75, 3.05) is 6.54 Å². The molecule has 144 valence electrons. The van der Waals surface area contributed by atoms with E-state index < -0.39 is 54.4 Å². The predicted octanol–water partition coefficient (Wildman–Crippen LogP) is -2.65. The van der Waals surface area contributed by atoms with E-state index in [0.717, 1.165) is 0 Å². The van der Waals surface area contributed by atoms with Crippen molar-refractivity contribution in [3.05, 3.63) is 0 Å². The molecule has 25 heavy (non-hydrogen) atoms. The van der Waals surface area contributed by atoms with Crippen LogP contribution >= 0.6 is 0 Å². The minimum atomic E-state index is -1.47. The van der Waals surface area contributed by atoms with Gasteiger partial charge in [-0.2, -0.15) is 0 Å². The molecule has 0 aromatic rings. The largest absolute Gasteiger partial charge is 0.481 e. The highest BCUT2D eigenvalue weighted by atomic mass is 16.4. The van der Waals surface area contributed by atoms with Crippen molar-refractivity contribution in [1.82, 2.24) is 10.6 Å². The molecule has 0 unspecified atom stereocenters. The fourth-order valence-electron chi connectivity index (χ4n) is 1.96. The highest BCUT2D eigenvalue weighted by Crippen LogP contribution is 2.03. The smallest absolute Gasteiger partial charge is 0.326 e. The first kappa shape index (κ1) is 22.8. The molecule has 0 radical (unpaired) electrons. The number of aliphatic carboxylic acids is 2. The molecule has 11 heteroatoms. The second-order valence-corrected chi connectivity index (χ2v) is 5.62. The van der Waals surface area contributed by atoms with Crippen molar-refractivity contribution in [3.63, 3.8) is 0 Å². The summed E-state index contributed by atoms with van der Waals surface area (Å²) in [7, 11) is 0. The Kier molecular flexibility index (Phi) is 10.3. The van der Waals surface area contributed by atoms with Crippen LogP contribution in [0, 0.1) is 0 Å². The van der Waals surface area contributed by atoms with Gasteiger partial charge in [0.05, 0.1) is 18.6 Å². The quantitative estimate of drug-likeness (QED) is 0.181. The summed E-state index contributed by atoms with van der Waals surface area (Å²) >= 11 is 0. The zero-order valence-corrected chi connectivity index (χ0v) is 14.0. The standard InChI is InChI=1S/C14H26N4O7/c1-7(19)11(18-12(22)8(16)6-10(20)21)13(23)17-9(14(24)25)4-2-3-5-15/h7-9,11,19H,2-6,15-16H2,1H3,(H,17,23)(H,18,22)(H,20,21)(H,24,25)/t7-,8+,9+,11+/m1/s1. The molecule has 2 amide bonds. The van der Waals surface area contributed by atoms with E-state index >= 15 is 0 Å². The number of aliphatic hydroxyl groups is 1. The van der Waals surface area contributed by atoms with Crippen LogP contribution in [0.4, 0.5) is 0 Å². The van der Waals surface area contributed by atoms with E-state index in [1.165, 1.54) is 6.92 Å². The molecule has 0 aliphatic carbocycles. The Labute approximate surface area is 144 Å². The second-order valence-electron chi connectivity index (χ2n) is 5.62. The highest BCUT2D eigenvalue weighted by molar-refractivity contribution is 5.93. The van der Waals surface area contributed by atoms with E-state index in [2.05, 4.69) is 10.6 Å². The van der Waals surface area contributed by atoms with Crippen LogP contribution in [0.2, 0.25) is 0 Å². The zero-order valence-electron chi connectivity index (χ0n) is 14.0. The van der Waals surface area contributed by atoms with Crippen LogP contribution in [-0.2, 0) is 19.2 Å². The van der Waals surface area contributed by atoms with Crippen molar-refractivity contribution in [1.29, 1.82) is 0 Å². The van der Waals surface area contributed by atoms with Gasteiger partial charge >= 0.3 is 11.9 Å². The number of nitrogens with one attached hydrogen (secondary N) is 2. The van der Waals surface area contributed by atoms with Crippen LogP contribution in [0.3, 0.4) is 0 Å². The average Bonchev–Trinajstić information content (AvgIpc) is 2.50. The van der Waals surface area contributed by atoms with Crippen molar-refractivity contribution in [2.45, 2.75) is 56.8 Å². The second kappa shape index (κ2) is 11.3. The molecule has 0 aliphatic heterocycles. The van der Waals surface area contributed by atoms with Crippen LogP contribution in [0.5, 0.6) is 0 Å². The number of rotatable bonds is 12. The fourth-order valence-corrected chi connectivity index (χ4v) is 1.96. The van der Waals surface area contributed by atoms with E-state index in [4.69, 9.17) is 21.7 Å². The summed E-state index contributed by atoms with van der Waals surface area (Å²) < 4.78 is 0. The van der Waals surface area contributed by atoms with Gasteiger partial charge < -0.3 is 37.4 Å². The number of unbranched alkanes of at least 4 members (excludes halogenated alkanes) is 1. The maximum atomic E-state index is 12.2. The third-order valence-corrected chi connectivity index (χ3v) is 3.36. The first-order chi connectivity index (χ1) is 11.6. The van der Waals surface area contributed by atoms with Crippen molar-refractivity contribution >= 4 is 23.8 Å². The predicted molar refractivity (Wildman–Crippen MR) is 86.3 cm³/mol. The molecule has 0 aliphatic rings. The zero-order chi connectivity index (χ0) is 19.6. The Morgan fingerprint density at radius 3 is 2.08 bits per heavy atom. The maximum absolute atomic E-state index is 12.2. The van der Waals surface area contributed by atoms with Crippen LogP contribution in [0.25, 0.3) is 0 Å². The Balaban J connectivity index is 4.88. The molecule has 9 N–H and O–H groups in total. The summed E-state index contributed by atoms with van der Waals surface area (Å²) in [6.45, 7) is 1.60. The maximum Gasteiger partial charge on any atom is 0.326 e. The lowest BCUT2D eigenvalue weighted by Crippen LogP contribution is -2.58. The Morgan fingerprint density at radius 1 is 1.04 bits per heavy atom. The lowest BCUT2D eigenvalue weighted by molar-refractivity contribution is -0.143.